The van der Waals surface area contributed by atoms with Crippen LogP contribution in [0.2, 0.25) is 0 Å². The van der Waals surface area contributed by atoms with Crippen molar-refractivity contribution in [1.29, 1.82) is 0 Å². The molecule has 2 saturated carbocycles. The van der Waals surface area contributed by atoms with Crippen molar-refractivity contribution in [2.24, 2.45) is 17.3 Å². The Hall–Kier alpha value is -3.86. The van der Waals surface area contributed by atoms with Gasteiger partial charge in [0.1, 0.15) is 17.7 Å². The molecule has 2 aliphatic heterocycles. The Morgan fingerprint density at radius 3 is 2.41 bits per heavy atom. The summed E-state index contributed by atoms with van der Waals surface area (Å²) in [6.07, 6.45) is 15.7. The van der Waals surface area contributed by atoms with Crippen LogP contribution >= 0.6 is 0 Å². The summed E-state index contributed by atoms with van der Waals surface area (Å²) in [4.78, 5) is 26.5. The SMILES string of the molecule is CC1(C)C=CC(N2CC[N+](=CC3CCC(C(=O)NC4CCC(Nc5ncc(F)c(-c6cccc(N7CCOCC7)c6)n5)CC4)CC3)CC2)=C(F)C1. The van der Waals surface area contributed by atoms with Gasteiger partial charge in [0.05, 0.1) is 38.2 Å². The van der Waals surface area contributed by atoms with Gasteiger partial charge < -0.3 is 25.2 Å². The number of morpholine rings is 1. The summed E-state index contributed by atoms with van der Waals surface area (Å²) in [6, 6.07) is 8.20. The normalized spacial score (nSPS) is 26.9. The fourth-order valence-electron chi connectivity index (χ4n) is 8.36. The molecule has 0 atom stereocenters. The summed E-state index contributed by atoms with van der Waals surface area (Å²) >= 11 is 0. The van der Waals surface area contributed by atoms with Crippen molar-refractivity contribution in [3.05, 3.63) is 60.0 Å². The summed E-state index contributed by atoms with van der Waals surface area (Å²) in [5.41, 5.74) is 2.72. The zero-order valence-electron chi connectivity index (χ0n) is 30.3. The van der Waals surface area contributed by atoms with Crippen molar-refractivity contribution >= 4 is 23.8 Å². The molecule has 5 aliphatic rings. The predicted molar refractivity (Wildman–Crippen MR) is 197 cm³/mol. The zero-order chi connectivity index (χ0) is 35.4. The van der Waals surface area contributed by atoms with Gasteiger partial charge in [0.2, 0.25) is 11.9 Å². The smallest absolute Gasteiger partial charge is 0.223 e. The number of nitrogens with zero attached hydrogens (tertiary/aromatic N) is 5. The molecule has 0 spiro atoms. The number of piperazine rings is 1. The largest absolute Gasteiger partial charge is 0.378 e. The number of hydrogen-bond donors (Lipinski definition) is 2. The van der Waals surface area contributed by atoms with Crippen molar-refractivity contribution in [3.8, 4) is 11.3 Å². The molecular weight excluding hydrogens is 648 g/mol. The Morgan fingerprint density at radius 1 is 0.961 bits per heavy atom. The van der Waals surface area contributed by atoms with E-state index in [2.05, 4.69) is 61.1 Å². The molecule has 1 aromatic carbocycles. The van der Waals surface area contributed by atoms with Crippen LogP contribution in [0.25, 0.3) is 11.3 Å². The van der Waals surface area contributed by atoms with Crippen molar-refractivity contribution in [2.45, 2.75) is 83.7 Å². The maximum absolute atomic E-state index is 14.9. The van der Waals surface area contributed by atoms with Gasteiger partial charge in [-0.3, -0.25) is 4.79 Å². The highest BCUT2D eigenvalue weighted by Crippen LogP contribution is 2.36. The second-order valence-electron chi connectivity index (χ2n) is 15.8. The lowest BCUT2D eigenvalue weighted by atomic mass is 9.81. The first-order valence-corrected chi connectivity index (χ1v) is 19.1. The lowest BCUT2D eigenvalue weighted by Gasteiger charge is -2.33. The van der Waals surface area contributed by atoms with Crippen molar-refractivity contribution in [2.75, 3.05) is 62.7 Å². The minimum Gasteiger partial charge on any atom is -0.378 e. The van der Waals surface area contributed by atoms with E-state index in [9.17, 15) is 13.6 Å². The van der Waals surface area contributed by atoms with Crippen molar-refractivity contribution in [3.63, 3.8) is 0 Å². The van der Waals surface area contributed by atoms with Crippen LogP contribution in [0.1, 0.15) is 71.6 Å². The fraction of sp³-hybridized carbons (Fsp3) is 0.600. The number of ether oxygens (including phenoxy) is 1. The number of aromatic nitrogens is 2. The molecule has 1 amide bonds. The van der Waals surface area contributed by atoms with E-state index in [0.29, 0.717) is 37.2 Å². The van der Waals surface area contributed by atoms with Crippen LogP contribution in [0.15, 0.2) is 54.1 Å². The van der Waals surface area contributed by atoms with E-state index in [1.807, 2.05) is 30.3 Å². The first-order valence-electron chi connectivity index (χ1n) is 19.1. The van der Waals surface area contributed by atoms with E-state index in [1.54, 1.807) is 0 Å². The van der Waals surface area contributed by atoms with E-state index < -0.39 is 5.82 Å². The number of nitrogens with one attached hydrogen (secondary N) is 2. The van der Waals surface area contributed by atoms with Crippen LogP contribution in [0.3, 0.4) is 0 Å². The molecule has 2 aromatic rings. The number of anilines is 2. The molecule has 11 heteroatoms. The number of rotatable bonds is 8. The van der Waals surface area contributed by atoms with E-state index in [4.69, 9.17) is 4.74 Å². The molecule has 0 unspecified atom stereocenters. The highest BCUT2D eigenvalue weighted by Gasteiger charge is 2.32. The van der Waals surface area contributed by atoms with Crippen LogP contribution in [-0.4, -0.2) is 96.1 Å². The highest BCUT2D eigenvalue weighted by atomic mass is 19.1. The molecule has 0 bridgehead atoms. The average molecular weight is 703 g/mol. The van der Waals surface area contributed by atoms with E-state index >= 15 is 0 Å². The highest BCUT2D eigenvalue weighted by molar-refractivity contribution is 5.79. The molecule has 2 saturated heterocycles. The standard InChI is InChI=1S/C40H53F2N7O2/c1-40(2)15-14-36(34(41)25-40)49-18-16-47(17-19-49)27-28-6-8-29(9-7-28)38(50)44-31-10-12-32(13-11-31)45-39-43-26-35(42)37(46-39)30-4-3-5-33(24-30)48-20-22-51-23-21-48/h3-5,14-15,24,26-29,31-32H,6-13,16-23,25H2,1-2H3,(H-,43,44,45,46,50)/p+1. The van der Waals surface area contributed by atoms with Crippen LogP contribution in [0.4, 0.5) is 20.4 Å². The molecule has 274 valence electrons. The molecule has 0 radical (unpaired) electrons. The first kappa shape index (κ1) is 35.5. The molecule has 3 aliphatic carbocycles. The third kappa shape index (κ3) is 8.96. The minimum absolute atomic E-state index is 0.0111. The van der Waals surface area contributed by atoms with E-state index in [1.165, 1.54) is 6.20 Å². The molecular formula is C40H54F2N7O2+. The monoisotopic (exact) mass is 702 g/mol. The van der Waals surface area contributed by atoms with Crippen LogP contribution in [-0.2, 0) is 9.53 Å². The molecule has 4 fully saturated rings. The third-order valence-corrected chi connectivity index (χ3v) is 11.4. The van der Waals surface area contributed by atoms with Gasteiger partial charge in [-0.1, -0.05) is 32.1 Å². The van der Waals surface area contributed by atoms with Crippen molar-refractivity contribution < 1.29 is 22.9 Å². The van der Waals surface area contributed by atoms with Gasteiger partial charge in [0, 0.05) is 54.7 Å². The summed E-state index contributed by atoms with van der Waals surface area (Å²) in [6.45, 7) is 10.6. The van der Waals surface area contributed by atoms with Crippen LogP contribution in [0.5, 0.6) is 0 Å². The molecule has 7 rings (SSSR count). The van der Waals surface area contributed by atoms with Gasteiger partial charge in [0.25, 0.3) is 0 Å². The number of benzene rings is 1. The lowest BCUT2D eigenvalue weighted by molar-refractivity contribution is -0.536. The Morgan fingerprint density at radius 2 is 1.69 bits per heavy atom. The number of amides is 1. The summed E-state index contributed by atoms with van der Waals surface area (Å²) < 4.78 is 37.6. The van der Waals surface area contributed by atoms with Gasteiger partial charge >= 0.3 is 0 Å². The predicted octanol–water partition coefficient (Wildman–Crippen LogP) is 6.33. The summed E-state index contributed by atoms with van der Waals surface area (Å²) in [7, 11) is 0. The van der Waals surface area contributed by atoms with Crippen LogP contribution < -0.4 is 15.5 Å². The summed E-state index contributed by atoms with van der Waals surface area (Å²) in [5.74, 6) is 0.774. The Kier molecular flexibility index (Phi) is 11.0. The molecule has 1 aromatic heterocycles. The quantitative estimate of drug-likeness (QED) is 0.311. The molecule has 2 N–H and O–H groups in total. The van der Waals surface area contributed by atoms with Gasteiger partial charge in [-0.15, -0.1) is 0 Å². The lowest BCUT2D eigenvalue weighted by Crippen LogP contribution is -2.44. The topological polar surface area (TPSA) is 85.6 Å². The number of carbonyl (C=O) groups excluding carboxylic acids is 1. The van der Waals surface area contributed by atoms with Crippen LogP contribution in [0, 0.1) is 23.1 Å². The Labute approximate surface area is 301 Å². The molecule has 3 heterocycles. The minimum atomic E-state index is -0.441. The molecule has 9 nitrogen and oxygen atoms in total. The van der Waals surface area contributed by atoms with E-state index in [-0.39, 0.29) is 35.2 Å². The Bertz CT molecular complexity index is 1630. The first-order chi connectivity index (χ1) is 24.7. The van der Waals surface area contributed by atoms with Gasteiger partial charge in [-0.05, 0) is 75.0 Å². The second kappa shape index (κ2) is 15.8. The average Bonchev–Trinajstić information content (AvgIpc) is 3.14. The number of halogens is 2. The zero-order valence-corrected chi connectivity index (χ0v) is 30.3. The Balaban J connectivity index is 0.835. The molecule has 51 heavy (non-hydrogen) atoms. The van der Waals surface area contributed by atoms with Crippen molar-refractivity contribution in [1.82, 2.24) is 20.2 Å². The van der Waals surface area contributed by atoms with Gasteiger partial charge in [-0.2, -0.15) is 0 Å². The maximum Gasteiger partial charge on any atom is 0.223 e. The summed E-state index contributed by atoms with van der Waals surface area (Å²) in [5, 5.41) is 6.79. The maximum atomic E-state index is 14.9. The second-order valence-corrected chi connectivity index (χ2v) is 15.8. The van der Waals surface area contributed by atoms with E-state index in [0.717, 1.165) is 108 Å². The third-order valence-electron chi connectivity index (χ3n) is 11.4. The van der Waals surface area contributed by atoms with Gasteiger partial charge in [0.15, 0.2) is 18.9 Å². The number of hydrogen-bond acceptors (Lipinski definition) is 7. The fourth-order valence-corrected chi connectivity index (χ4v) is 8.36. The number of allylic oxidation sites excluding steroid dienone is 3. The number of carbonyl (C=O) groups is 1. The van der Waals surface area contributed by atoms with Gasteiger partial charge in [-0.25, -0.2) is 23.3 Å².